The Balaban J connectivity index is 1.62. The zero-order chi connectivity index (χ0) is 14.8. The van der Waals surface area contributed by atoms with Crippen molar-refractivity contribution in [3.63, 3.8) is 0 Å². The second-order valence-corrected chi connectivity index (χ2v) is 6.35. The van der Waals surface area contributed by atoms with Gasteiger partial charge in [-0.05, 0) is 45.6 Å². The van der Waals surface area contributed by atoms with Crippen molar-refractivity contribution in [2.75, 3.05) is 19.7 Å². The van der Waals surface area contributed by atoms with Crippen LogP contribution in [0.15, 0.2) is 6.07 Å². The summed E-state index contributed by atoms with van der Waals surface area (Å²) in [6, 6.07) is 2.42. The van der Waals surface area contributed by atoms with Gasteiger partial charge in [0.2, 0.25) is 5.91 Å². The normalized spacial score (nSPS) is 26.3. The lowest BCUT2D eigenvalue weighted by atomic mass is 10.0. The molecule has 0 unspecified atom stereocenters. The van der Waals surface area contributed by atoms with Crippen LogP contribution in [0.25, 0.3) is 0 Å². The number of likely N-dealkylation sites (tertiary alicyclic amines) is 1. The molecule has 0 aromatic carbocycles. The van der Waals surface area contributed by atoms with Crippen LogP contribution < -0.4 is 0 Å². The molecule has 1 amide bonds. The van der Waals surface area contributed by atoms with Gasteiger partial charge in [-0.2, -0.15) is 5.10 Å². The zero-order valence-electron chi connectivity index (χ0n) is 13.0. The van der Waals surface area contributed by atoms with Crippen LogP contribution in [0.5, 0.6) is 0 Å². The molecule has 2 aliphatic heterocycles. The van der Waals surface area contributed by atoms with Crippen molar-refractivity contribution in [2.45, 2.75) is 58.1 Å². The molecule has 3 rings (SSSR count). The van der Waals surface area contributed by atoms with E-state index in [0.29, 0.717) is 12.5 Å². The van der Waals surface area contributed by atoms with Crippen LogP contribution in [0, 0.1) is 13.8 Å². The van der Waals surface area contributed by atoms with E-state index in [0.717, 1.165) is 51.1 Å². The molecule has 2 fully saturated rings. The number of hydrogen-bond donors (Lipinski definition) is 0. The summed E-state index contributed by atoms with van der Waals surface area (Å²) in [6.07, 6.45) is 4.97. The minimum absolute atomic E-state index is 0.145. The van der Waals surface area contributed by atoms with E-state index in [1.807, 2.05) is 11.8 Å². The van der Waals surface area contributed by atoms with Crippen molar-refractivity contribution < 1.29 is 9.53 Å². The van der Waals surface area contributed by atoms with E-state index in [4.69, 9.17) is 4.74 Å². The maximum absolute atomic E-state index is 12.4. The molecule has 0 saturated carbocycles. The molecule has 3 heterocycles. The largest absolute Gasteiger partial charge is 0.378 e. The lowest BCUT2D eigenvalue weighted by Crippen LogP contribution is -2.42. The molecule has 2 saturated heterocycles. The van der Waals surface area contributed by atoms with E-state index in [-0.39, 0.29) is 12.0 Å². The first-order valence-electron chi connectivity index (χ1n) is 8.05. The van der Waals surface area contributed by atoms with Crippen molar-refractivity contribution in [1.29, 1.82) is 0 Å². The molecule has 0 aliphatic carbocycles. The lowest BCUT2D eigenvalue weighted by Gasteiger charge is -2.34. The standard InChI is InChI=1S/C16H25N3O2/c1-12-9-13(2)19(17-12)14-5-3-7-18(11-14)16(20)10-15-6-4-8-21-15/h9,14-15H,3-8,10-11H2,1-2H3/t14-,15+/m1/s1. The maximum Gasteiger partial charge on any atom is 0.225 e. The van der Waals surface area contributed by atoms with Gasteiger partial charge in [-0.1, -0.05) is 0 Å². The highest BCUT2D eigenvalue weighted by Crippen LogP contribution is 2.24. The van der Waals surface area contributed by atoms with Crippen LogP contribution in [0.1, 0.15) is 49.5 Å². The van der Waals surface area contributed by atoms with Crippen LogP contribution in [0.2, 0.25) is 0 Å². The smallest absolute Gasteiger partial charge is 0.225 e. The minimum Gasteiger partial charge on any atom is -0.378 e. The predicted octanol–water partition coefficient (Wildman–Crippen LogP) is 2.23. The van der Waals surface area contributed by atoms with Gasteiger partial charge < -0.3 is 9.64 Å². The molecule has 21 heavy (non-hydrogen) atoms. The van der Waals surface area contributed by atoms with Gasteiger partial charge in [-0.3, -0.25) is 9.48 Å². The highest BCUT2D eigenvalue weighted by atomic mass is 16.5. The van der Waals surface area contributed by atoms with Gasteiger partial charge >= 0.3 is 0 Å². The summed E-state index contributed by atoms with van der Waals surface area (Å²) in [5, 5.41) is 4.58. The third kappa shape index (κ3) is 3.28. The number of ether oxygens (including phenoxy) is 1. The lowest BCUT2D eigenvalue weighted by molar-refractivity contribution is -0.135. The molecular formula is C16H25N3O2. The number of carbonyl (C=O) groups is 1. The highest BCUT2D eigenvalue weighted by molar-refractivity contribution is 5.76. The minimum atomic E-state index is 0.145. The Labute approximate surface area is 126 Å². The van der Waals surface area contributed by atoms with Gasteiger partial charge in [-0.15, -0.1) is 0 Å². The van der Waals surface area contributed by atoms with Crippen molar-refractivity contribution in [3.05, 3.63) is 17.5 Å². The SMILES string of the molecule is Cc1cc(C)n([C@@H]2CCCN(C(=O)C[C@@H]3CCCO3)C2)n1. The van der Waals surface area contributed by atoms with E-state index < -0.39 is 0 Å². The Morgan fingerprint density at radius 1 is 1.38 bits per heavy atom. The third-order valence-corrected chi connectivity index (χ3v) is 4.57. The first kappa shape index (κ1) is 14.6. The molecule has 116 valence electrons. The van der Waals surface area contributed by atoms with Crippen molar-refractivity contribution in [1.82, 2.24) is 14.7 Å². The Kier molecular flexibility index (Phi) is 4.29. The molecule has 1 aromatic rings. The summed E-state index contributed by atoms with van der Waals surface area (Å²) in [7, 11) is 0. The fraction of sp³-hybridized carbons (Fsp3) is 0.750. The van der Waals surface area contributed by atoms with Crippen molar-refractivity contribution in [2.24, 2.45) is 0 Å². The number of piperidine rings is 1. The Morgan fingerprint density at radius 2 is 2.24 bits per heavy atom. The molecule has 0 bridgehead atoms. The maximum atomic E-state index is 12.4. The third-order valence-electron chi connectivity index (χ3n) is 4.57. The molecule has 2 aliphatic rings. The van der Waals surface area contributed by atoms with Gasteiger partial charge in [0.25, 0.3) is 0 Å². The zero-order valence-corrected chi connectivity index (χ0v) is 13.0. The van der Waals surface area contributed by atoms with Gasteiger partial charge in [-0.25, -0.2) is 0 Å². The quantitative estimate of drug-likeness (QED) is 0.858. The topological polar surface area (TPSA) is 47.4 Å². The molecule has 0 N–H and O–H groups in total. The Morgan fingerprint density at radius 3 is 2.90 bits per heavy atom. The fourth-order valence-electron chi connectivity index (χ4n) is 3.53. The summed E-state index contributed by atoms with van der Waals surface area (Å²) in [5.41, 5.74) is 2.24. The van der Waals surface area contributed by atoms with Crippen LogP contribution in [0.3, 0.4) is 0 Å². The first-order chi connectivity index (χ1) is 10.1. The van der Waals surface area contributed by atoms with Gasteiger partial charge in [0.1, 0.15) is 0 Å². The molecule has 0 spiro atoms. The summed E-state index contributed by atoms with van der Waals surface area (Å²) < 4.78 is 7.68. The van der Waals surface area contributed by atoms with E-state index in [1.54, 1.807) is 0 Å². The number of aryl methyl sites for hydroxylation is 2. The molecule has 5 heteroatoms. The average Bonchev–Trinajstić information content (AvgIpc) is 3.08. The number of rotatable bonds is 3. The second kappa shape index (κ2) is 6.18. The van der Waals surface area contributed by atoms with Gasteiger partial charge in [0, 0.05) is 25.4 Å². The van der Waals surface area contributed by atoms with E-state index in [2.05, 4.69) is 22.8 Å². The van der Waals surface area contributed by atoms with Gasteiger partial charge in [0.05, 0.1) is 24.3 Å². The predicted molar refractivity (Wildman–Crippen MR) is 80.1 cm³/mol. The molecule has 2 atom stereocenters. The number of nitrogens with zero attached hydrogens (tertiary/aromatic N) is 3. The Hall–Kier alpha value is -1.36. The molecular weight excluding hydrogens is 266 g/mol. The van der Waals surface area contributed by atoms with E-state index in [1.165, 1.54) is 5.69 Å². The van der Waals surface area contributed by atoms with Gasteiger partial charge in [0.15, 0.2) is 0 Å². The summed E-state index contributed by atoms with van der Waals surface area (Å²) in [5.74, 6) is 0.244. The van der Waals surface area contributed by atoms with Crippen LogP contribution in [-0.2, 0) is 9.53 Å². The number of aromatic nitrogens is 2. The number of amides is 1. The molecule has 0 radical (unpaired) electrons. The number of hydrogen-bond acceptors (Lipinski definition) is 3. The van der Waals surface area contributed by atoms with Crippen molar-refractivity contribution in [3.8, 4) is 0 Å². The van der Waals surface area contributed by atoms with Crippen LogP contribution in [0.4, 0.5) is 0 Å². The molecule has 5 nitrogen and oxygen atoms in total. The Bertz CT molecular complexity index is 506. The monoisotopic (exact) mass is 291 g/mol. The molecule has 1 aromatic heterocycles. The summed E-state index contributed by atoms with van der Waals surface area (Å²) in [4.78, 5) is 14.4. The fourth-order valence-corrected chi connectivity index (χ4v) is 3.53. The second-order valence-electron chi connectivity index (χ2n) is 6.35. The first-order valence-corrected chi connectivity index (χ1v) is 8.05. The van der Waals surface area contributed by atoms with Crippen molar-refractivity contribution >= 4 is 5.91 Å². The van der Waals surface area contributed by atoms with Crippen LogP contribution in [-0.4, -0.2) is 46.4 Å². The van der Waals surface area contributed by atoms with E-state index >= 15 is 0 Å². The number of carbonyl (C=O) groups excluding carboxylic acids is 1. The van der Waals surface area contributed by atoms with Crippen LogP contribution >= 0.6 is 0 Å². The average molecular weight is 291 g/mol. The highest BCUT2D eigenvalue weighted by Gasteiger charge is 2.28. The van der Waals surface area contributed by atoms with E-state index in [9.17, 15) is 4.79 Å². The summed E-state index contributed by atoms with van der Waals surface area (Å²) in [6.45, 7) is 6.58. The summed E-state index contributed by atoms with van der Waals surface area (Å²) >= 11 is 0.